The third-order valence-electron chi connectivity index (χ3n) is 1.72. The van der Waals surface area contributed by atoms with E-state index in [1.165, 1.54) is 6.20 Å². The Bertz CT molecular complexity index is 415. The van der Waals surface area contributed by atoms with Crippen molar-refractivity contribution in [3.05, 3.63) is 41.6 Å². The molecule has 2 nitrogen and oxygen atoms in total. The summed E-state index contributed by atoms with van der Waals surface area (Å²) >= 11 is 0.141. The summed E-state index contributed by atoms with van der Waals surface area (Å²) in [6, 6.07) is 8.69. The minimum absolute atomic E-state index is 0.141. The van der Waals surface area contributed by atoms with Crippen LogP contribution in [-0.4, -0.2) is 6.21 Å². The van der Waals surface area contributed by atoms with Crippen LogP contribution in [0.3, 0.4) is 0 Å². The Morgan fingerprint density at radius 3 is 2.60 bits per heavy atom. The molecule has 0 saturated carbocycles. The van der Waals surface area contributed by atoms with Crippen LogP contribution >= 0.6 is 12.1 Å². The Kier molecular flexibility index (Phi) is 4.58. The molecule has 0 heterocycles. The number of nitriles is 1. The highest BCUT2D eigenvalue weighted by Crippen LogP contribution is 2.28. The van der Waals surface area contributed by atoms with E-state index >= 15 is 0 Å². The van der Waals surface area contributed by atoms with Gasteiger partial charge in [0.25, 0.3) is 0 Å². The molecule has 0 aliphatic heterocycles. The lowest BCUT2D eigenvalue weighted by atomic mass is 10.1. The fraction of sp³-hybridized carbons (Fsp3) is 0.0909. The zero-order chi connectivity index (χ0) is 11.1. The smallest absolute Gasteiger partial charge is 0.0991 e. The van der Waals surface area contributed by atoms with Crippen molar-refractivity contribution in [2.75, 3.05) is 0 Å². The van der Waals surface area contributed by atoms with Gasteiger partial charge in [-0.1, -0.05) is 12.1 Å². The van der Waals surface area contributed by atoms with Crippen molar-refractivity contribution in [3.63, 3.8) is 0 Å². The van der Waals surface area contributed by atoms with Gasteiger partial charge in [0.05, 0.1) is 28.7 Å². The van der Waals surface area contributed by atoms with E-state index in [1.54, 1.807) is 37.4 Å². The third-order valence-corrected chi connectivity index (χ3v) is 2.23. The maximum Gasteiger partial charge on any atom is 0.0991 e. The second-order valence-electron chi connectivity index (χ2n) is 2.67. The first-order valence-electron chi connectivity index (χ1n) is 4.29. The van der Waals surface area contributed by atoms with Crippen molar-refractivity contribution >= 4 is 23.3 Å². The Balaban J connectivity index is 2.99. The van der Waals surface area contributed by atoms with Crippen LogP contribution < -0.4 is 0 Å². The van der Waals surface area contributed by atoms with Gasteiger partial charge in [-0.3, -0.25) is 4.99 Å². The number of halogens is 1. The first-order valence-corrected chi connectivity index (χ1v) is 5.00. The van der Waals surface area contributed by atoms with E-state index in [1.807, 2.05) is 6.07 Å². The molecular formula is C11H9FN2S. The van der Waals surface area contributed by atoms with Crippen LogP contribution in [0.5, 0.6) is 0 Å². The van der Waals surface area contributed by atoms with Crippen LogP contribution in [0, 0.1) is 11.3 Å². The molecule has 1 rings (SSSR count). The number of hydrogen-bond acceptors (Lipinski definition) is 3. The molecule has 0 aromatic heterocycles. The molecule has 0 N–H and O–H groups in total. The summed E-state index contributed by atoms with van der Waals surface area (Å²) in [5.74, 6) is 0. The predicted octanol–water partition coefficient (Wildman–Crippen LogP) is 3.57. The van der Waals surface area contributed by atoms with Crippen LogP contribution in [-0.2, 0) is 0 Å². The molecule has 0 aliphatic rings. The Morgan fingerprint density at radius 1 is 1.47 bits per heavy atom. The average molecular weight is 220 g/mol. The summed E-state index contributed by atoms with van der Waals surface area (Å²) in [5.41, 5.74) is 1.27. The van der Waals surface area contributed by atoms with E-state index in [0.717, 1.165) is 0 Å². The molecule has 15 heavy (non-hydrogen) atoms. The average Bonchev–Trinajstić information content (AvgIpc) is 2.31. The van der Waals surface area contributed by atoms with E-state index in [9.17, 15) is 3.89 Å². The second-order valence-corrected chi connectivity index (χ2v) is 3.26. The van der Waals surface area contributed by atoms with E-state index in [0.29, 0.717) is 16.0 Å². The molecule has 0 amide bonds. The summed E-state index contributed by atoms with van der Waals surface area (Å²) in [4.78, 5) is 4.28. The minimum Gasteiger partial charge on any atom is -0.268 e. The molecule has 4 heteroatoms. The quantitative estimate of drug-likeness (QED) is 0.730. The topological polar surface area (TPSA) is 36.1 Å². The van der Waals surface area contributed by atoms with Crippen LogP contribution in [0.25, 0.3) is 4.91 Å². The first kappa shape index (κ1) is 11.5. The van der Waals surface area contributed by atoms with Gasteiger partial charge in [0.15, 0.2) is 0 Å². The van der Waals surface area contributed by atoms with Crippen LogP contribution in [0.2, 0.25) is 0 Å². The van der Waals surface area contributed by atoms with Crippen LogP contribution in [0.15, 0.2) is 35.5 Å². The first-order chi connectivity index (χ1) is 7.31. The minimum atomic E-state index is 0.141. The molecule has 0 aliphatic carbocycles. The third kappa shape index (κ3) is 3.22. The van der Waals surface area contributed by atoms with Gasteiger partial charge in [-0.05, 0) is 24.6 Å². The molecule has 1 aromatic rings. The van der Waals surface area contributed by atoms with Gasteiger partial charge in [0, 0.05) is 12.4 Å². The largest absolute Gasteiger partial charge is 0.268 e. The molecule has 0 fully saturated rings. The van der Waals surface area contributed by atoms with Gasteiger partial charge in [0.2, 0.25) is 0 Å². The maximum absolute atomic E-state index is 12.6. The van der Waals surface area contributed by atoms with Crippen LogP contribution in [0.1, 0.15) is 18.1 Å². The van der Waals surface area contributed by atoms with Crippen molar-refractivity contribution in [1.29, 1.82) is 5.26 Å². The zero-order valence-electron chi connectivity index (χ0n) is 8.14. The lowest BCUT2D eigenvalue weighted by Gasteiger charge is -1.99. The molecule has 0 bridgehead atoms. The monoisotopic (exact) mass is 220 g/mol. The van der Waals surface area contributed by atoms with Gasteiger partial charge >= 0.3 is 0 Å². The lowest BCUT2D eigenvalue weighted by Crippen LogP contribution is -1.79. The van der Waals surface area contributed by atoms with Gasteiger partial charge < -0.3 is 0 Å². The standard InChI is InChI=1S/C11H9FN2S/c1-2-14-8-11(15-12)10-5-3-9(7-13)4-6-10/h2-6,8H,1H3/b11-8-,14-2?. The number of hydrogen-bond donors (Lipinski definition) is 0. The Hall–Kier alpha value is -1.60. The molecule has 0 saturated heterocycles. The summed E-state index contributed by atoms with van der Waals surface area (Å²) in [7, 11) is 0. The molecule has 0 atom stereocenters. The van der Waals surface area contributed by atoms with Crippen molar-refractivity contribution in [2.45, 2.75) is 6.92 Å². The van der Waals surface area contributed by atoms with Crippen molar-refractivity contribution < 1.29 is 3.89 Å². The molecular weight excluding hydrogens is 211 g/mol. The molecule has 0 radical (unpaired) electrons. The van der Waals surface area contributed by atoms with E-state index < -0.39 is 0 Å². The number of nitrogens with zero attached hydrogens (tertiary/aromatic N) is 2. The SMILES string of the molecule is CC=N/C=C(\SF)c1ccc(C#N)cc1. The summed E-state index contributed by atoms with van der Waals surface area (Å²) in [5, 5.41) is 8.60. The van der Waals surface area contributed by atoms with Crippen molar-refractivity contribution in [2.24, 2.45) is 4.99 Å². The Morgan fingerprint density at radius 2 is 2.13 bits per heavy atom. The molecule has 0 spiro atoms. The number of rotatable bonds is 3. The highest BCUT2D eigenvalue weighted by Gasteiger charge is 2.02. The van der Waals surface area contributed by atoms with Crippen molar-refractivity contribution in [3.8, 4) is 6.07 Å². The summed E-state index contributed by atoms with van der Waals surface area (Å²) in [6.07, 6.45) is 3.03. The highest BCUT2D eigenvalue weighted by molar-refractivity contribution is 8.03. The van der Waals surface area contributed by atoms with Crippen molar-refractivity contribution in [1.82, 2.24) is 0 Å². The van der Waals surface area contributed by atoms with Gasteiger partial charge in [0.1, 0.15) is 0 Å². The Labute approximate surface area is 92.4 Å². The fourth-order valence-electron chi connectivity index (χ4n) is 0.990. The van der Waals surface area contributed by atoms with E-state index in [2.05, 4.69) is 4.99 Å². The van der Waals surface area contributed by atoms with Crippen LogP contribution in [0.4, 0.5) is 3.89 Å². The number of benzene rings is 1. The fourth-order valence-corrected chi connectivity index (χ4v) is 1.32. The molecule has 1 aromatic carbocycles. The maximum atomic E-state index is 12.6. The van der Waals surface area contributed by atoms with E-state index in [4.69, 9.17) is 5.26 Å². The zero-order valence-corrected chi connectivity index (χ0v) is 8.96. The molecule has 76 valence electrons. The van der Waals surface area contributed by atoms with Gasteiger partial charge in [-0.2, -0.15) is 9.15 Å². The highest BCUT2D eigenvalue weighted by atomic mass is 32.2. The van der Waals surface area contributed by atoms with Gasteiger partial charge in [-0.25, -0.2) is 0 Å². The summed E-state index contributed by atoms with van der Waals surface area (Å²) < 4.78 is 12.6. The summed E-state index contributed by atoms with van der Waals surface area (Å²) in [6.45, 7) is 1.76. The lowest BCUT2D eigenvalue weighted by molar-refractivity contribution is 0.948. The predicted molar refractivity (Wildman–Crippen MR) is 62.0 cm³/mol. The second kappa shape index (κ2) is 5.99. The molecule has 0 unspecified atom stereocenters. The normalized spacial score (nSPS) is 11.7. The van der Waals surface area contributed by atoms with Gasteiger partial charge in [-0.15, -0.1) is 0 Å². The number of aliphatic imine (C=N–C) groups is 1. The van der Waals surface area contributed by atoms with E-state index in [-0.39, 0.29) is 12.1 Å².